The van der Waals surface area contributed by atoms with Crippen molar-refractivity contribution in [2.45, 2.75) is 77.8 Å². The van der Waals surface area contributed by atoms with Crippen LogP contribution >= 0.6 is 0 Å². The van der Waals surface area contributed by atoms with Gasteiger partial charge in [0.1, 0.15) is 13.2 Å². The molecule has 2 N–H and O–H groups in total. The molecule has 10 heteroatoms. The van der Waals surface area contributed by atoms with Crippen LogP contribution in [0.2, 0.25) is 0 Å². The molecule has 2 atom stereocenters. The van der Waals surface area contributed by atoms with Crippen molar-refractivity contribution in [2.75, 3.05) is 52.9 Å². The zero-order valence-corrected chi connectivity index (χ0v) is 19.6. The van der Waals surface area contributed by atoms with Crippen molar-refractivity contribution in [3.8, 4) is 0 Å². The van der Waals surface area contributed by atoms with Crippen LogP contribution in [0.3, 0.4) is 0 Å². The Bertz CT molecular complexity index is 406. The second kappa shape index (κ2) is 22.9. The quantitative estimate of drug-likeness (QED) is 0.131. The Hall–Kier alpha value is -1.30. The standard InChI is InChI=1S/C22H42O10/c1-3-5-11-27-13-15-29-17-21(25)31-19(23)9-7-8-10-20(24)32-22(26)18-30-16-14-28-12-6-4-2/h21-22,25-26H,3-18H2,1-2H3. The maximum atomic E-state index is 11.7. The van der Waals surface area contributed by atoms with Gasteiger partial charge in [0.05, 0.1) is 26.4 Å². The Morgan fingerprint density at radius 2 is 0.969 bits per heavy atom. The molecule has 0 saturated carbocycles. The molecule has 0 aromatic heterocycles. The van der Waals surface area contributed by atoms with Gasteiger partial charge in [-0.2, -0.15) is 0 Å². The lowest BCUT2D eigenvalue weighted by atomic mass is 10.2. The van der Waals surface area contributed by atoms with Crippen molar-refractivity contribution in [1.82, 2.24) is 0 Å². The van der Waals surface area contributed by atoms with Crippen LogP contribution in [-0.4, -0.2) is 87.6 Å². The number of carbonyl (C=O) groups is 2. The molecule has 0 bridgehead atoms. The van der Waals surface area contributed by atoms with E-state index in [1.165, 1.54) is 0 Å². The van der Waals surface area contributed by atoms with E-state index < -0.39 is 24.5 Å². The highest BCUT2D eigenvalue weighted by Crippen LogP contribution is 2.05. The molecule has 0 amide bonds. The molecule has 0 spiro atoms. The van der Waals surface area contributed by atoms with Gasteiger partial charge in [-0.05, 0) is 25.7 Å². The highest BCUT2D eigenvalue weighted by molar-refractivity contribution is 5.70. The first-order valence-corrected chi connectivity index (χ1v) is 11.6. The van der Waals surface area contributed by atoms with Gasteiger partial charge in [0, 0.05) is 26.1 Å². The highest BCUT2D eigenvalue weighted by atomic mass is 16.7. The minimum absolute atomic E-state index is 0.0498. The van der Waals surface area contributed by atoms with Gasteiger partial charge in [-0.25, -0.2) is 0 Å². The summed E-state index contributed by atoms with van der Waals surface area (Å²) in [5.41, 5.74) is 0. The van der Waals surface area contributed by atoms with Crippen LogP contribution in [0.25, 0.3) is 0 Å². The summed E-state index contributed by atoms with van der Waals surface area (Å²) in [5, 5.41) is 19.2. The van der Waals surface area contributed by atoms with Crippen LogP contribution in [0.15, 0.2) is 0 Å². The molecule has 0 radical (unpaired) electrons. The second-order valence-electron chi connectivity index (χ2n) is 7.18. The van der Waals surface area contributed by atoms with Crippen molar-refractivity contribution in [3.63, 3.8) is 0 Å². The van der Waals surface area contributed by atoms with Crippen molar-refractivity contribution < 1.29 is 48.2 Å². The Morgan fingerprint density at radius 1 is 0.594 bits per heavy atom. The van der Waals surface area contributed by atoms with Crippen molar-refractivity contribution in [1.29, 1.82) is 0 Å². The van der Waals surface area contributed by atoms with Crippen LogP contribution in [0.4, 0.5) is 0 Å². The molecule has 0 rings (SSSR count). The average molecular weight is 467 g/mol. The SMILES string of the molecule is CCCCOCCOCC(O)OC(=O)CCCCC(=O)OC(O)COCCOCCCC. The molecule has 0 aromatic carbocycles. The van der Waals surface area contributed by atoms with E-state index in [1.807, 2.05) is 0 Å². The molecule has 190 valence electrons. The van der Waals surface area contributed by atoms with E-state index in [9.17, 15) is 19.8 Å². The van der Waals surface area contributed by atoms with Crippen LogP contribution < -0.4 is 0 Å². The van der Waals surface area contributed by atoms with Crippen LogP contribution in [-0.2, 0) is 38.0 Å². The fourth-order valence-corrected chi connectivity index (χ4v) is 2.33. The predicted molar refractivity (Wildman–Crippen MR) is 116 cm³/mol. The van der Waals surface area contributed by atoms with Gasteiger partial charge in [-0.15, -0.1) is 0 Å². The molecular formula is C22H42O10. The fourth-order valence-electron chi connectivity index (χ4n) is 2.33. The maximum absolute atomic E-state index is 11.7. The minimum Gasteiger partial charge on any atom is -0.433 e. The number of aliphatic hydroxyl groups excluding tert-OH is 2. The number of esters is 2. The summed E-state index contributed by atoms with van der Waals surface area (Å²) in [7, 11) is 0. The summed E-state index contributed by atoms with van der Waals surface area (Å²) >= 11 is 0. The lowest BCUT2D eigenvalue weighted by molar-refractivity contribution is -0.180. The van der Waals surface area contributed by atoms with Gasteiger partial charge in [-0.1, -0.05) is 26.7 Å². The third kappa shape index (κ3) is 21.9. The van der Waals surface area contributed by atoms with Gasteiger partial charge < -0.3 is 38.6 Å². The van der Waals surface area contributed by atoms with E-state index in [1.54, 1.807) is 0 Å². The van der Waals surface area contributed by atoms with Crippen molar-refractivity contribution in [3.05, 3.63) is 0 Å². The van der Waals surface area contributed by atoms with Crippen molar-refractivity contribution in [2.24, 2.45) is 0 Å². The molecule has 0 aliphatic carbocycles. The minimum atomic E-state index is -1.34. The number of aliphatic hydroxyl groups is 2. The van der Waals surface area contributed by atoms with E-state index in [-0.39, 0.29) is 26.1 Å². The summed E-state index contributed by atoms with van der Waals surface area (Å²) in [6.07, 6.45) is 2.28. The van der Waals surface area contributed by atoms with E-state index in [2.05, 4.69) is 13.8 Å². The topological polar surface area (TPSA) is 130 Å². The molecular weight excluding hydrogens is 424 g/mol. The number of hydrogen-bond donors (Lipinski definition) is 2. The van der Waals surface area contributed by atoms with E-state index in [0.717, 1.165) is 25.7 Å². The van der Waals surface area contributed by atoms with Crippen molar-refractivity contribution >= 4 is 11.9 Å². The molecule has 32 heavy (non-hydrogen) atoms. The normalized spacial score (nSPS) is 13.0. The monoisotopic (exact) mass is 466 g/mol. The largest absolute Gasteiger partial charge is 0.433 e. The van der Waals surface area contributed by atoms with Gasteiger partial charge in [-0.3, -0.25) is 9.59 Å². The van der Waals surface area contributed by atoms with Crippen LogP contribution in [0.5, 0.6) is 0 Å². The first-order valence-electron chi connectivity index (χ1n) is 11.6. The summed E-state index contributed by atoms with van der Waals surface area (Å²) in [6, 6.07) is 0. The Balaban J connectivity index is 3.57. The molecule has 0 aromatic rings. The Kier molecular flexibility index (Phi) is 21.9. The predicted octanol–water partition coefficient (Wildman–Crippen LogP) is 1.94. The van der Waals surface area contributed by atoms with E-state index in [0.29, 0.717) is 52.5 Å². The lowest BCUT2D eigenvalue weighted by Crippen LogP contribution is -2.24. The number of ether oxygens (including phenoxy) is 6. The van der Waals surface area contributed by atoms with E-state index in [4.69, 9.17) is 28.4 Å². The summed E-state index contributed by atoms with van der Waals surface area (Å²) < 4.78 is 30.6. The number of rotatable bonds is 23. The van der Waals surface area contributed by atoms with Crippen LogP contribution in [0.1, 0.15) is 65.2 Å². The van der Waals surface area contributed by atoms with Crippen LogP contribution in [0, 0.1) is 0 Å². The van der Waals surface area contributed by atoms with E-state index >= 15 is 0 Å². The zero-order chi connectivity index (χ0) is 23.9. The lowest BCUT2D eigenvalue weighted by Gasteiger charge is -2.13. The first kappa shape index (κ1) is 30.7. The molecule has 0 heterocycles. The Morgan fingerprint density at radius 3 is 1.34 bits per heavy atom. The summed E-state index contributed by atoms with van der Waals surface area (Å²) in [4.78, 5) is 23.3. The van der Waals surface area contributed by atoms with Gasteiger partial charge in [0.15, 0.2) is 0 Å². The average Bonchev–Trinajstić information content (AvgIpc) is 2.75. The zero-order valence-electron chi connectivity index (χ0n) is 19.6. The van der Waals surface area contributed by atoms with Gasteiger partial charge >= 0.3 is 11.9 Å². The molecule has 0 aliphatic heterocycles. The fraction of sp³-hybridized carbons (Fsp3) is 0.909. The third-order valence-electron chi connectivity index (χ3n) is 4.10. The number of hydrogen-bond acceptors (Lipinski definition) is 10. The van der Waals surface area contributed by atoms with Gasteiger partial charge in [0.2, 0.25) is 12.6 Å². The number of unbranched alkanes of at least 4 members (excludes halogenated alkanes) is 3. The maximum Gasteiger partial charge on any atom is 0.308 e. The third-order valence-corrected chi connectivity index (χ3v) is 4.10. The molecule has 10 nitrogen and oxygen atoms in total. The first-order chi connectivity index (χ1) is 15.5. The molecule has 0 fully saturated rings. The number of carbonyl (C=O) groups excluding carboxylic acids is 2. The Labute approximate surface area is 191 Å². The second-order valence-corrected chi connectivity index (χ2v) is 7.18. The summed E-state index contributed by atoms with van der Waals surface area (Å²) in [6.45, 7) is 6.71. The molecule has 0 aliphatic rings. The van der Waals surface area contributed by atoms with Gasteiger partial charge in [0.25, 0.3) is 0 Å². The molecule has 0 saturated heterocycles. The molecule has 2 unspecified atom stereocenters. The smallest absolute Gasteiger partial charge is 0.308 e. The highest BCUT2D eigenvalue weighted by Gasteiger charge is 2.13. The summed E-state index contributed by atoms with van der Waals surface area (Å²) in [5.74, 6) is -1.16.